The number of para-hydroxylation sites is 1. The summed E-state index contributed by atoms with van der Waals surface area (Å²) in [5.41, 5.74) is 4.72. The molecule has 0 aliphatic heterocycles. The maximum Gasteiger partial charge on any atom is 0.136 e. The molecule has 25 heavy (non-hydrogen) atoms. The predicted molar refractivity (Wildman–Crippen MR) is 105 cm³/mol. The van der Waals surface area contributed by atoms with Gasteiger partial charge in [0.05, 0.1) is 5.69 Å². The second kappa shape index (κ2) is 7.78. The highest BCUT2D eigenvalue weighted by atomic mass is 32.1. The molecule has 0 saturated heterocycles. The molecule has 0 saturated carbocycles. The molecule has 1 heterocycles. The number of benzene rings is 2. The quantitative estimate of drug-likeness (QED) is 0.585. The fraction of sp³-hybridized carbons (Fsp3) is 0.143. The van der Waals surface area contributed by atoms with Gasteiger partial charge < -0.3 is 5.32 Å². The first-order valence-electron chi connectivity index (χ1n) is 8.16. The van der Waals surface area contributed by atoms with Crippen molar-refractivity contribution in [3.8, 4) is 17.3 Å². The molecule has 0 bridgehead atoms. The number of hydrogen-bond donors (Lipinski definition) is 1. The lowest BCUT2D eigenvalue weighted by Crippen LogP contribution is -1.97. The van der Waals surface area contributed by atoms with Crippen LogP contribution in [0.25, 0.3) is 16.8 Å². The first kappa shape index (κ1) is 16.9. The number of anilines is 1. The predicted octanol–water partition coefficient (Wildman–Crippen LogP) is 5.91. The highest BCUT2D eigenvalue weighted by Crippen LogP contribution is 2.27. The Hall–Kier alpha value is -2.90. The molecular weight excluding hydrogens is 326 g/mol. The second-order valence-electron chi connectivity index (χ2n) is 5.96. The Labute approximate surface area is 152 Å². The maximum absolute atomic E-state index is 9.52. The molecule has 4 heteroatoms. The summed E-state index contributed by atoms with van der Waals surface area (Å²) in [6, 6.07) is 20.4. The Morgan fingerprint density at radius 2 is 1.84 bits per heavy atom. The van der Waals surface area contributed by atoms with E-state index >= 15 is 0 Å². The van der Waals surface area contributed by atoms with Crippen LogP contribution in [0.2, 0.25) is 0 Å². The molecule has 0 atom stereocenters. The standard InChI is InChI=1S/C21H19N3S/c1-15(2)18-10-6-7-11-19(18)23-13-17(12-22)21-24-20(14-25-21)16-8-4-3-5-9-16/h3-11,13-15,23H,1-2H3/b17-13-. The van der Waals surface area contributed by atoms with Crippen LogP contribution in [0.4, 0.5) is 5.69 Å². The zero-order valence-electron chi connectivity index (χ0n) is 14.2. The second-order valence-corrected chi connectivity index (χ2v) is 6.82. The highest BCUT2D eigenvalue weighted by Gasteiger charge is 2.10. The smallest absolute Gasteiger partial charge is 0.136 e. The molecule has 1 aromatic heterocycles. The Balaban J connectivity index is 1.85. The number of nitrogens with zero attached hydrogens (tertiary/aromatic N) is 2. The van der Waals surface area contributed by atoms with Crippen LogP contribution in [0.1, 0.15) is 30.3 Å². The van der Waals surface area contributed by atoms with Crippen LogP contribution in [0.15, 0.2) is 66.2 Å². The van der Waals surface area contributed by atoms with Crippen LogP contribution in [0.5, 0.6) is 0 Å². The average Bonchev–Trinajstić information content (AvgIpc) is 3.13. The van der Waals surface area contributed by atoms with E-state index in [1.54, 1.807) is 6.20 Å². The molecule has 3 nitrogen and oxygen atoms in total. The van der Waals surface area contributed by atoms with Crippen molar-refractivity contribution in [2.24, 2.45) is 0 Å². The van der Waals surface area contributed by atoms with Crippen LogP contribution >= 0.6 is 11.3 Å². The van der Waals surface area contributed by atoms with Gasteiger partial charge in [-0.3, -0.25) is 0 Å². The van der Waals surface area contributed by atoms with Gasteiger partial charge in [-0.25, -0.2) is 4.98 Å². The summed E-state index contributed by atoms with van der Waals surface area (Å²) in [5, 5.41) is 15.5. The van der Waals surface area contributed by atoms with Crippen molar-refractivity contribution in [3.63, 3.8) is 0 Å². The molecule has 0 aliphatic rings. The molecule has 1 N–H and O–H groups in total. The van der Waals surface area contributed by atoms with Crippen molar-refractivity contribution in [3.05, 3.63) is 76.7 Å². The van der Waals surface area contributed by atoms with E-state index in [9.17, 15) is 5.26 Å². The Morgan fingerprint density at radius 3 is 2.56 bits per heavy atom. The summed E-state index contributed by atoms with van der Waals surface area (Å²) in [4.78, 5) is 4.61. The fourth-order valence-corrected chi connectivity index (χ4v) is 3.36. The molecule has 3 rings (SSSR count). The largest absolute Gasteiger partial charge is 0.360 e. The summed E-state index contributed by atoms with van der Waals surface area (Å²) < 4.78 is 0. The van der Waals surface area contributed by atoms with Crippen LogP contribution in [0, 0.1) is 11.3 Å². The lowest BCUT2D eigenvalue weighted by Gasteiger charge is -2.12. The van der Waals surface area contributed by atoms with Crippen molar-refractivity contribution in [2.75, 3.05) is 5.32 Å². The van der Waals surface area contributed by atoms with Gasteiger partial charge in [-0.2, -0.15) is 5.26 Å². The summed E-state index contributed by atoms with van der Waals surface area (Å²) in [5.74, 6) is 0.409. The van der Waals surface area contributed by atoms with Gasteiger partial charge in [0.25, 0.3) is 0 Å². The Kier molecular flexibility index (Phi) is 5.27. The maximum atomic E-state index is 9.52. The first-order chi connectivity index (χ1) is 12.2. The van der Waals surface area contributed by atoms with Crippen LogP contribution in [-0.2, 0) is 0 Å². The third-order valence-electron chi connectivity index (χ3n) is 3.88. The van der Waals surface area contributed by atoms with Crippen LogP contribution in [-0.4, -0.2) is 4.98 Å². The molecule has 3 aromatic rings. The summed E-state index contributed by atoms with van der Waals surface area (Å²) in [6.45, 7) is 4.31. The first-order valence-corrected chi connectivity index (χ1v) is 9.04. The number of aromatic nitrogens is 1. The lowest BCUT2D eigenvalue weighted by atomic mass is 10.0. The van der Waals surface area contributed by atoms with E-state index in [0.29, 0.717) is 11.5 Å². The molecule has 0 spiro atoms. The SMILES string of the molecule is CC(C)c1ccccc1N/C=C(/C#N)c1nc(-c2ccccc2)cs1. The van der Waals surface area contributed by atoms with Gasteiger partial charge in [0, 0.05) is 22.8 Å². The van der Waals surface area contributed by atoms with Crippen molar-refractivity contribution >= 4 is 22.6 Å². The molecule has 0 fully saturated rings. The van der Waals surface area contributed by atoms with Gasteiger partial charge >= 0.3 is 0 Å². The number of hydrogen-bond acceptors (Lipinski definition) is 4. The molecule has 0 unspecified atom stereocenters. The van der Waals surface area contributed by atoms with Gasteiger partial charge in [0.1, 0.15) is 16.6 Å². The normalized spacial score (nSPS) is 11.4. The zero-order chi connectivity index (χ0) is 17.6. The molecule has 0 amide bonds. The third kappa shape index (κ3) is 3.96. The third-order valence-corrected chi connectivity index (χ3v) is 4.75. The molecule has 2 aromatic carbocycles. The van der Waals surface area contributed by atoms with E-state index in [2.05, 4.69) is 36.3 Å². The van der Waals surface area contributed by atoms with E-state index in [-0.39, 0.29) is 0 Å². The van der Waals surface area contributed by atoms with Crippen LogP contribution < -0.4 is 5.32 Å². The summed E-state index contributed by atoms with van der Waals surface area (Å²) >= 11 is 1.48. The minimum atomic E-state index is 0.409. The van der Waals surface area contributed by atoms with Gasteiger partial charge in [-0.15, -0.1) is 11.3 Å². The van der Waals surface area contributed by atoms with E-state index in [1.165, 1.54) is 16.9 Å². The minimum Gasteiger partial charge on any atom is -0.360 e. The Morgan fingerprint density at radius 1 is 1.12 bits per heavy atom. The molecule has 124 valence electrons. The number of allylic oxidation sites excluding steroid dienone is 1. The van der Waals surface area contributed by atoms with Gasteiger partial charge in [-0.1, -0.05) is 62.4 Å². The minimum absolute atomic E-state index is 0.409. The van der Waals surface area contributed by atoms with Gasteiger partial charge in [-0.05, 0) is 17.5 Å². The lowest BCUT2D eigenvalue weighted by molar-refractivity contribution is 0.869. The molecule has 0 radical (unpaired) electrons. The summed E-state index contributed by atoms with van der Waals surface area (Å²) in [6.07, 6.45) is 1.74. The van der Waals surface area contributed by atoms with Crippen molar-refractivity contribution in [1.29, 1.82) is 5.26 Å². The van der Waals surface area contributed by atoms with Gasteiger partial charge in [0.2, 0.25) is 0 Å². The summed E-state index contributed by atoms with van der Waals surface area (Å²) in [7, 11) is 0. The number of thiazole rings is 1. The highest BCUT2D eigenvalue weighted by molar-refractivity contribution is 7.11. The van der Waals surface area contributed by atoms with Crippen molar-refractivity contribution in [1.82, 2.24) is 4.98 Å². The van der Waals surface area contributed by atoms with Crippen molar-refractivity contribution < 1.29 is 0 Å². The number of rotatable bonds is 5. The van der Waals surface area contributed by atoms with Gasteiger partial charge in [0.15, 0.2) is 0 Å². The number of nitriles is 1. The van der Waals surface area contributed by atoms with E-state index in [0.717, 1.165) is 22.0 Å². The zero-order valence-corrected chi connectivity index (χ0v) is 15.0. The molecular formula is C21H19N3S. The van der Waals surface area contributed by atoms with E-state index in [4.69, 9.17) is 0 Å². The average molecular weight is 345 g/mol. The van der Waals surface area contributed by atoms with Crippen molar-refractivity contribution in [2.45, 2.75) is 19.8 Å². The fourth-order valence-electron chi connectivity index (χ4n) is 2.56. The van der Waals surface area contributed by atoms with E-state index in [1.807, 2.05) is 53.9 Å². The van der Waals surface area contributed by atoms with E-state index < -0.39 is 0 Å². The number of nitrogens with one attached hydrogen (secondary N) is 1. The molecule has 0 aliphatic carbocycles. The Bertz CT molecular complexity index is 918. The van der Waals surface area contributed by atoms with Crippen LogP contribution in [0.3, 0.4) is 0 Å². The topological polar surface area (TPSA) is 48.7 Å². The monoisotopic (exact) mass is 345 g/mol.